The van der Waals surface area contributed by atoms with Crippen LogP contribution in [0.5, 0.6) is 5.75 Å². The van der Waals surface area contributed by atoms with Crippen molar-refractivity contribution >= 4 is 17.6 Å². The Balaban J connectivity index is 1.87. The SMILES string of the molecule is COC(=O)C1=C(C(=O)OC)N(c2ccccc2OCCn2ccc(C)n2)C(N)=C(C#N)C1c1ccccc1. The fraction of sp³-hybridized carbons (Fsp3) is 0.214. The molecule has 4 rings (SSSR count). The normalized spacial score (nSPS) is 15.2. The Bertz CT molecular complexity index is 1450. The van der Waals surface area contributed by atoms with Gasteiger partial charge in [-0.1, -0.05) is 42.5 Å². The number of hydrogen-bond donors (Lipinski definition) is 1. The number of ether oxygens (including phenoxy) is 3. The van der Waals surface area contributed by atoms with Crippen molar-refractivity contribution in [2.24, 2.45) is 5.73 Å². The molecule has 10 heteroatoms. The van der Waals surface area contributed by atoms with Crippen LogP contribution in [-0.4, -0.2) is 42.5 Å². The van der Waals surface area contributed by atoms with Crippen molar-refractivity contribution < 1.29 is 23.8 Å². The minimum atomic E-state index is -0.949. The lowest BCUT2D eigenvalue weighted by molar-refractivity contribution is -0.139. The first-order valence-electron chi connectivity index (χ1n) is 11.8. The third kappa shape index (κ3) is 4.95. The van der Waals surface area contributed by atoms with Gasteiger partial charge in [-0.05, 0) is 30.7 Å². The highest BCUT2D eigenvalue weighted by Crippen LogP contribution is 2.45. The van der Waals surface area contributed by atoms with Gasteiger partial charge in [0.05, 0.1) is 55.3 Å². The quantitative estimate of drug-likeness (QED) is 0.451. The van der Waals surface area contributed by atoms with Gasteiger partial charge < -0.3 is 19.9 Å². The molecule has 194 valence electrons. The third-order valence-electron chi connectivity index (χ3n) is 6.07. The molecule has 0 amide bonds. The average Bonchev–Trinajstić information content (AvgIpc) is 3.37. The van der Waals surface area contributed by atoms with Crippen LogP contribution in [0.1, 0.15) is 17.2 Å². The second-order valence-corrected chi connectivity index (χ2v) is 8.37. The van der Waals surface area contributed by atoms with Gasteiger partial charge in [-0.2, -0.15) is 10.4 Å². The minimum absolute atomic E-state index is 0.0341. The van der Waals surface area contributed by atoms with Gasteiger partial charge in [-0.3, -0.25) is 9.58 Å². The number of aromatic nitrogens is 2. The van der Waals surface area contributed by atoms with E-state index in [1.807, 2.05) is 19.2 Å². The van der Waals surface area contributed by atoms with E-state index in [0.717, 1.165) is 5.69 Å². The summed E-state index contributed by atoms with van der Waals surface area (Å²) in [4.78, 5) is 27.8. The number of hydrogen-bond acceptors (Lipinski definition) is 9. The molecule has 0 bridgehead atoms. The van der Waals surface area contributed by atoms with Gasteiger partial charge in [0.15, 0.2) is 0 Å². The highest BCUT2D eigenvalue weighted by molar-refractivity contribution is 6.06. The monoisotopic (exact) mass is 513 g/mol. The van der Waals surface area contributed by atoms with Crippen LogP contribution in [0.3, 0.4) is 0 Å². The average molecular weight is 514 g/mol. The first kappa shape index (κ1) is 26.0. The van der Waals surface area contributed by atoms with Crippen molar-refractivity contribution in [2.75, 3.05) is 25.7 Å². The summed E-state index contributed by atoms with van der Waals surface area (Å²) in [5.74, 6) is -2.23. The molecule has 1 aromatic heterocycles. The zero-order valence-electron chi connectivity index (χ0n) is 21.2. The van der Waals surface area contributed by atoms with Gasteiger partial charge in [0.25, 0.3) is 0 Å². The zero-order chi connectivity index (χ0) is 27.2. The molecule has 1 aliphatic rings. The number of esters is 2. The number of nitrogens with two attached hydrogens (primary N) is 1. The molecule has 1 unspecified atom stereocenters. The molecule has 3 aromatic rings. The summed E-state index contributed by atoms with van der Waals surface area (Å²) >= 11 is 0. The van der Waals surface area contributed by atoms with Crippen molar-refractivity contribution in [3.05, 3.63) is 101 Å². The predicted molar refractivity (Wildman–Crippen MR) is 138 cm³/mol. The van der Waals surface area contributed by atoms with Gasteiger partial charge in [-0.25, -0.2) is 9.59 Å². The number of carbonyl (C=O) groups excluding carboxylic acids is 2. The number of para-hydroxylation sites is 2. The van der Waals surface area contributed by atoms with Crippen LogP contribution in [0, 0.1) is 18.3 Å². The second kappa shape index (κ2) is 11.3. The van der Waals surface area contributed by atoms with Crippen LogP contribution >= 0.6 is 0 Å². The highest BCUT2D eigenvalue weighted by atomic mass is 16.5. The Morgan fingerprint density at radius 2 is 1.71 bits per heavy atom. The molecule has 2 aromatic carbocycles. The molecule has 10 nitrogen and oxygen atoms in total. The Hall–Kier alpha value is -5.04. The smallest absolute Gasteiger partial charge is 0.355 e. The topological polar surface area (TPSA) is 133 Å². The van der Waals surface area contributed by atoms with E-state index in [1.165, 1.54) is 19.1 Å². The number of nitriles is 1. The molecule has 1 atom stereocenters. The first-order valence-corrected chi connectivity index (χ1v) is 11.8. The number of nitrogens with zero attached hydrogens (tertiary/aromatic N) is 4. The summed E-state index contributed by atoms with van der Waals surface area (Å²) < 4.78 is 18.0. The number of benzene rings is 2. The van der Waals surface area contributed by atoms with Crippen LogP contribution in [0.2, 0.25) is 0 Å². The maximum absolute atomic E-state index is 13.3. The second-order valence-electron chi connectivity index (χ2n) is 8.37. The lowest BCUT2D eigenvalue weighted by Crippen LogP contribution is -2.41. The van der Waals surface area contributed by atoms with Gasteiger partial charge in [0.2, 0.25) is 0 Å². The number of anilines is 1. The number of methoxy groups -OCH3 is 2. The summed E-state index contributed by atoms with van der Waals surface area (Å²) in [6, 6.07) is 19.7. The van der Waals surface area contributed by atoms with Gasteiger partial charge in [-0.15, -0.1) is 0 Å². The molecule has 0 fully saturated rings. The van der Waals surface area contributed by atoms with Crippen molar-refractivity contribution in [1.82, 2.24) is 9.78 Å². The summed E-state index contributed by atoms with van der Waals surface area (Å²) in [7, 11) is 2.41. The maximum atomic E-state index is 13.3. The molecule has 2 N–H and O–H groups in total. The molecule has 38 heavy (non-hydrogen) atoms. The lowest BCUT2D eigenvalue weighted by atomic mass is 9.81. The highest BCUT2D eigenvalue weighted by Gasteiger charge is 2.43. The Labute approximate surface area is 220 Å². The van der Waals surface area contributed by atoms with E-state index in [0.29, 0.717) is 23.5 Å². The summed E-state index contributed by atoms with van der Waals surface area (Å²) in [5.41, 5.74) is 8.26. The number of carbonyl (C=O) groups is 2. The zero-order valence-corrected chi connectivity index (χ0v) is 21.2. The molecule has 0 saturated heterocycles. The lowest BCUT2D eigenvalue weighted by Gasteiger charge is -2.36. The van der Waals surface area contributed by atoms with E-state index in [1.54, 1.807) is 59.3 Å². The standard InChI is InChI=1S/C28H27N5O5/c1-18-13-14-32(31-18)15-16-38-22-12-8-7-11-21(22)33-25(28(35)37-3)24(27(34)36-2)23(20(17-29)26(33)30)19-9-5-4-6-10-19/h4-14,23H,15-16,30H2,1-3H3. The molecule has 0 saturated carbocycles. The molecular weight excluding hydrogens is 486 g/mol. The molecular formula is C28H27N5O5. The number of rotatable bonds is 8. The van der Waals surface area contributed by atoms with Crippen molar-refractivity contribution in [3.63, 3.8) is 0 Å². The van der Waals surface area contributed by atoms with E-state index < -0.39 is 17.9 Å². The van der Waals surface area contributed by atoms with Gasteiger partial charge in [0, 0.05) is 6.20 Å². The van der Waals surface area contributed by atoms with E-state index in [2.05, 4.69) is 11.2 Å². The molecule has 2 heterocycles. The maximum Gasteiger partial charge on any atom is 0.355 e. The van der Waals surface area contributed by atoms with Gasteiger partial charge in [0.1, 0.15) is 23.9 Å². The summed E-state index contributed by atoms with van der Waals surface area (Å²) in [6.45, 7) is 2.63. The van der Waals surface area contributed by atoms with Crippen molar-refractivity contribution in [2.45, 2.75) is 19.4 Å². The van der Waals surface area contributed by atoms with E-state index in [4.69, 9.17) is 19.9 Å². The Morgan fingerprint density at radius 3 is 2.34 bits per heavy atom. The van der Waals surface area contributed by atoms with E-state index in [-0.39, 0.29) is 29.3 Å². The minimum Gasteiger partial charge on any atom is -0.489 e. The van der Waals surface area contributed by atoms with Crippen molar-refractivity contribution in [1.29, 1.82) is 5.26 Å². The fourth-order valence-corrected chi connectivity index (χ4v) is 4.36. The first-order chi connectivity index (χ1) is 18.4. The predicted octanol–water partition coefficient (Wildman–Crippen LogP) is 3.17. The van der Waals surface area contributed by atoms with Crippen LogP contribution in [0.15, 0.2) is 89.5 Å². The van der Waals surface area contributed by atoms with Crippen LogP contribution < -0.4 is 15.4 Å². The third-order valence-corrected chi connectivity index (χ3v) is 6.07. The number of allylic oxidation sites excluding steroid dienone is 1. The van der Waals surface area contributed by atoms with Crippen LogP contribution in [-0.2, 0) is 25.6 Å². The largest absolute Gasteiger partial charge is 0.489 e. The Kier molecular flexibility index (Phi) is 7.77. The van der Waals surface area contributed by atoms with E-state index >= 15 is 0 Å². The molecule has 0 radical (unpaired) electrons. The van der Waals surface area contributed by atoms with E-state index in [9.17, 15) is 14.9 Å². The summed E-state index contributed by atoms with van der Waals surface area (Å²) in [5, 5.41) is 14.6. The molecule has 0 aliphatic carbocycles. The van der Waals surface area contributed by atoms with Crippen molar-refractivity contribution in [3.8, 4) is 11.8 Å². The number of aryl methyl sites for hydroxylation is 1. The molecule has 0 spiro atoms. The molecule has 1 aliphatic heterocycles. The fourth-order valence-electron chi connectivity index (χ4n) is 4.36. The van der Waals surface area contributed by atoms with Gasteiger partial charge >= 0.3 is 11.9 Å². The summed E-state index contributed by atoms with van der Waals surface area (Å²) in [6.07, 6.45) is 1.85. The van der Waals surface area contributed by atoms with Crippen LogP contribution in [0.4, 0.5) is 5.69 Å². The Morgan fingerprint density at radius 1 is 1.03 bits per heavy atom. The van der Waals surface area contributed by atoms with Crippen LogP contribution in [0.25, 0.3) is 0 Å².